The average molecular weight is 423 g/mol. The number of nitrogens with zero attached hydrogens (tertiary/aromatic N) is 3. The predicted molar refractivity (Wildman–Crippen MR) is 110 cm³/mol. The molecule has 0 bridgehead atoms. The Morgan fingerprint density at radius 2 is 2.14 bits per heavy atom. The molecule has 0 saturated carbocycles. The molecule has 10 heteroatoms. The van der Waals surface area contributed by atoms with Gasteiger partial charge in [0, 0.05) is 36.6 Å². The third-order valence-electron chi connectivity index (χ3n) is 4.29. The number of nitro groups is 1. The Morgan fingerprint density at radius 3 is 2.79 bits per heavy atom. The van der Waals surface area contributed by atoms with Gasteiger partial charge in [-0.15, -0.1) is 23.1 Å². The zero-order valence-corrected chi connectivity index (χ0v) is 17.5. The molecule has 1 aliphatic heterocycles. The average Bonchev–Trinajstić information content (AvgIpc) is 3.06. The fourth-order valence-corrected chi connectivity index (χ4v) is 4.47. The first kappa shape index (κ1) is 20.7. The number of thioether (sulfide) groups is 1. The minimum Gasteiger partial charge on any atom is -0.373 e. The van der Waals surface area contributed by atoms with Crippen LogP contribution in [0.4, 0.5) is 10.8 Å². The van der Waals surface area contributed by atoms with E-state index in [1.807, 2.05) is 5.38 Å². The number of hydrogen-bond donors (Lipinski definition) is 1. The topological polar surface area (TPSA) is 97.6 Å². The van der Waals surface area contributed by atoms with E-state index in [1.165, 1.54) is 29.2 Å². The molecule has 3 rings (SSSR count). The monoisotopic (exact) mass is 422 g/mol. The van der Waals surface area contributed by atoms with Crippen LogP contribution in [0.15, 0.2) is 28.5 Å². The maximum atomic E-state index is 12.5. The van der Waals surface area contributed by atoms with Crippen molar-refractivity contribution in [3.05, 3.63) is 45.0 Å². The van der Waals surface area contributed by atoms with Crippen LogP contribution in [-0.4, -0.2) is 52.3 Å². The van der Waals surface area contributed by atoms with E-state index in [0.717, 1.165) is 18.8 Å². The van der Waals surface area contributed by atoms with Gasteiger partial charge in [0.1, 0.15) is 0 Å². The number of morpholine rings is 1. The van der Waals surface area contributed by atoms with Gasteiger partial charge in [-0.3, -0.25) is 25.1 Å². The summed E-state index contributed by atoms with van der Waals surface area (Å²) in [7, 11) is 0. The van der Waals surface area contributed by atoms with Gasteiger partial charge in [0.25, 0.3) is 11.6 Å². The molecule has 0 aliphatic carbocycles. The van der Waals surface area contributed by atoms with E-state index in [4.69, 9.17) is 4.74 Å². The molecule has 1 N–H and O–H groups in total. The van der Waals surface area contributed by atoms with Gasteiger partial charge in [0.2, 0.25) is 0 Å². The molecule has 150 valence electrons. The molecule has 1 aromatic heterocycles. The van der Waals surface area contributed by atoms with Crippen LogP contribution in [0.1, 0.15) is 29.9 Å². The Hall–Kier alpha value is -2.01. The standard InChI is InChI=1S/C18H22N4O4S2/c1-11-7-21(8-12(2)26-11)9-14-10-28-18(19-14)20-17(23)13-4-5-16(27-3)15(6-13)22(24)25/h4-6,10-12H,7-9H2,1-3H3,(H,19,20,23)/t11-,12+. The molecule has 0 unspecified atom stereocenters. The Kier molecular flexibility index (Phi) is 6.65. The van der Waals surface area contributed by atoms with Crippen molar-refractivity contribution in [2.75, 3.05) is 24.7 Å². The van der Waals surface area contributed by atoms with Crippen LogP contribution in [-0.2, 0) is 11.3 Å². The molecule has 1 fully saturated rings. The number of hydrogen-bond acceptors (Lipinski definition) is 8. The van der Waals surface area contributed by atoms with Crippen molar-refractivity contribution in [3.8, 4) is 0 Å². The van der Waals surface area contributed by atoms with Gasteiger partial charge < -0.3 is 4.74 Å². The second-order valence-electron chi connectivity index (χ2n) is 6.69. The lowest BCUT2D eigenvalue weighted by atomic mass is 10.2. The van der Waals surface area contributed by atoms with E-state index in [2.05, 4.69) is 29.0 Å². The maximum absolute atomic E-state index is 12.5. The van der Waals surface area contributed by atoms with Crippen molar-refractivity contribution in [2.24, 2.45) is 0 Å². The van der Waals surface area contributed by atoms with Crippen LogP contribution < -0.4 is 5.32 Å². The van der Waals surface area contributed by atoms with Crippen molar-refractivity contribution in [1.82, 2.24) is 9.88 Å². The molecular weight excluding hydrogens is 400 g/mol. The van der Waals surface area contributed by atoms with Gasteiger partial charge in [-0.05, 0) is 32.2 Å². The van der Waals surface area contributed by atoms with Gasteiger partial charge in [-0.25, -0.2) is 4.98 Å². The fraction of sp³-hybridized carbons (Fsp3) is 0.444. The number of amides is 1. The number of ether oxygens (including phenoxy) is 1. The van der Waals surface area contributed by atoms with E-state index < -0.39 is 10.8 Å². The molecular formula is C18H22N4O4S2. The van der Waals surface area contributed by atoms with E-state index in [9.17, 15) is 14.9 Å². The summed E-state index contributed by atoms with van der Waals surface area (Å²) in [4.78, 5) is 30.5. The predicted octanol–water partition coefficient (Wildman–Crippen LogP) is 3.63. The van der Waals surface area contributed by atoms with Gasteiger partial charge in [0.15, 0.2) is 5.13 Å². The number of thiazole rings is 1. The number of aromatic nitrogens is 1. The van der Waals surface area contributed by atoms with Crippen molar-refractivity contribution in [1.29, 1.82) is 0 Å². The molecule has 2 atom stereocenters. The lowest BCUT2D eigenvalue weighted by molar-refractivity contribution is -0.387. The summed E-state index contributed by atoms with van der Waals surface area (Å²) < 4.78 is 5.74. The maximum Gasteiger partial charge on any atom is 0.283 e. The summed E-state index contributed by atoms with van der Waals surface area (Å²) in [6.07, 6.45) is 2.12. The van der Waals surface area contributed by atoms with Crippen LogP contribution in [0, 0.1) is 10.1 Å². The summed E-state index contributed by atoms with van der Waals surface area (Å²) in [5, 5.41) is 16.3. The minimum atomic E-state index is -0.478. The zero-order valence-electron chi connectivity index (χ0n) is 15.9. The summed E-state index contributed by atoms with van der Waals surface area (Å²) in [5.74, 6) is -0.412. The Bertz CT molecular complexity index is 863. The van der Waals surface area contributed by atoms with E-state index >= 15 is 0 Å². The number of anilines is 1. The molecule has 8 nitrogen and oxygen atoms in total. The number of benzene rings is 1. The molecule has 2 heterocycles. The number of carbonyl (C=O) groups excluding carboxylic acids is 1. The number of rotatable bonds is 6. The summed E-state index contributed by atoms with van der Waals surface area (Å²) in [6, 6.07) is 4.47. The van der Waals surface area contributed by atoms with E-state index in [0.29, 0.717) is 16.6 Å². The summed E-state index contributed by atoms with van der Waals surface area (Å²) >= 11 is 2.61. The number of nitrogens with one attached hydrogen (secondary N) is 1. The van der Waals surface area contributed by atoms with Gasteiger partial charge in [0.05, 0.1) is 27.7 Å². The summed E-state index contributed by atoms with van der Waals surface area (Å²) in [6.45, 7) is 6.48. The highest BCUT2D eigenvalue weighted by Gasteiger charge is 2.23. The molecule has 0 spiro atoms. The minimum absolute atomic E-state index is 0.0736. The van der Waals surface area contributed by atoms with E-state index in [-0.39, 0.29) is 23.5 Å². The van der Waals surface area contributed by atoms with Gasteiger partial charge in [-0.2, -0.15) is 0 Å². The third-order valence-corrected chi connectivity index (χ3v) is 5.88. The van der Waals surface area contributed by atoms with Crippen molar-refractivity contribution < 1.29 is 14.5 Å². The Labute approximate surface area is 171 Å². The highest BCUT2D eigenvalue weighted by molar-refractivity contribution is 7.98. The number of carbonyl (C=O) groups is 1. The largest absolute Gasteiger partial charge is 0.373 e. The smallest absolute Gasteiger partial charge is 0.283 e. The molecule has 1 amide bonds. The first-order chi connectivity index (χ1) is 13.4. The molecule has 2 aromatic rings. The number of nitro benzene ring substituents is 1. The van der Waals surface area contributed by atoms with Crippen LogP contribution in [0.5, 0.6) is 0 Å². The van der Waals surface area contributed by atoms with Crippen LogP contribution in [0.2, 0.25) is 0 Å². The lowest BCUT2D eigenvalue weighted by Crippen LogP contribution is -2.44. The first-order valence-electron chi connectivity index (χ1n) is 8.81. The molecule has 1 saturated heterocycles. The third kappa shape index (κ3) is 5.07. The second-order valence-corrected chi connectivity index (χ2v) is 8.40. The molecule has 28 heavy (non-hydrogen) atoms. The molecule has 1 aromatic carbocycles. The first-order valence-corrected chi connectivity index (χ1v) is 10.9. The van der Waals surface area contributed by atoms with Crippen LogP contribution in [0.25, 0.3) is 0 Å². The van der Waals surface area contributed by atoms with Crippen molar-refractivity contribution in [3.63, 3.8) is 0 Å². The van der Waals surface area contributed by atoms with Crippen LogP contribution in [0.3, 0.4) is 0 Å². The Balaban J connectivity index is 1.65. The van der Waals surface area contributed by atoms with Gasteiger partial charge >= 0.3 is 0 Å². The zero-order chi connectivity index (χ0) is 20.3. The summed E-state index contributed by atoms with van der Waals surface area (Å²) in [5.41, 5.74) is 1.04. The highest BCUT2D eigenvalue weighted by Crippen LogP contribution is 2.29. The SMILES string of the molecule is CSc1ccc(C(=O)Nc2nc(CN3C[C@@H](C)O[C@@H](C)C3)cs2)cc1[N+](=O)[O-]. The van der Waals surface area contributed by atoms with Gasteiger partial charge in [-0.1, -0.05) is 0 Å². The second kappa shape index (κ2) is 8.99. The quantitative estimate of drug-likeness (QED) is 0.431. The van der Waals surface area contributed by atoms with Crippen LogP contribution >= 0.6 is 23.1 Å². The normalized spacial score (nSPS) is 20.1. The highest BCUT2D eigenvalue weighted by atomic mass is 32.2. The van der Waals surface area contributed by atoms with Crippen molar-refractivity contribution >= 4 is 39.8 Å². The fourth-order valence-electron chi connectivity index (χ4n) is 3.22. The molecule has 1 aliphatic rings. The van der Waals surface area contributed by atoms with E-state index in [1.54, 1.807) is 18.4 Å². The Morgan fingerprint density at radius 1 is 1.43 bits per heavy atom. The molecule has 0 radical (unpaired) electrons. The lowest BCUT2D eigenvalue weighted by Gasteiger charge is -2.34. The van der Waals surface area contributed by atoms with Crippen molar-refractivity contribution in [2.45, 2.75) is 37.5 Å².